The van der Waals surface area contributed by atoms with Crippen LogP contribution >= 0.6 is 11.8 Å². The smallest absolute Gasteiger partial charge is 0.336 e. The number of esters is 1. The molecule has 0 saturated carbocycles. The summed E-state index contributed by atoms with van der Waals surface area (Å²) in [4.78, 5) is 36.2. The van der Waals surface area contributed by atoms with Gasteiger partial charge >= 0.3 is 11.9 Å². The predicted octanol–water partition coefficient (Wildman–Crippen LogP) is 6.70. The Morgan fingerprint density at radius 1 is 0.896 bits per heavy atom. The Balaban J connectivity index is 1.36. The summed E-state index contributed by atoms with van der Waals surface area (Å²) in [5, 5.41) is 22.1. The van der Waals surface area contributed by atoms with Crippen molar-refractivity contribution in [3.63, 3.8) is 0 Å². The Hall–Kier alpha value is -4.48. The lowest BCUT2D eigenvalue weighted by Gasteiger charge is -2.41. The number of carboxylic acids is 1. The minimum absolute atomic E-state index is 0.0510. The van der Waals surface area contributed by atoms with E-state index in [-0.39, 0.29) is 42.7 Å². The molecule has 9 nitrogen and oxygen atoms in total. The molecule has 0 aliphatic carbocycles. The van der Waals surface area contributed by atoms with Gasteiger partial charge in [0.2, 0.25) is 0 Å². The van der Waals surface area contributed by atoms with E-state index in [1.54, 1.807) is 12.1 Å². The Bertz CT molecular complexity index is 1730. The highest BCUT2D eigenvalue weighted by molar-refractivity contribution is 7.99. The molecule has 1 aliphatic rings. The molecule has 0 aromatic heterocycles. The molecule has 1 aliphatic heterocycles. The number of amides is 1. The number of nitrogens with one attached hydrogen (secondary N) is 1. The van der Waals surface area contributed by atoms with Crippen LogP contribution in [0.15, 0.2) is 102 Å². The molecule has 48 heavy (non-hydrogen) atoms. The number of hydrogen-bond acceptors (Lipinski definition) is 8. The number of carbonyl (C=O) groups is 3. The molecule has 0 spiro atoms. The van der Waals surface area contributed by atoms with Gasteiger partial charge in [-0.1, -0.05) is 91.9 Å². The van der Waals surface area contributed by atoms with Crippen LogP contribution in [0, 0.1) is 5.92 Å². The van der Waals surface area contributed by atoms with Crippen LogP contribution in [-0.4, -0.2) is 46.0 Å². The second-order valence-corrected chi connectivity index (χ2v) is 12.7. The zero-order valence-corrected chi connectivity index (χ0v) is 27.8. The minimum Gasteiger partial charge on any atom is -0.478 e. The molecule has 10 heteroatoms. The van der Waals surface area contributed by atoms with Crippen molar-refractivity contribution in [2.45, 2.75) is 63.4 Å². The maximum atomic E-state index is 12.4. The lowest BCUT2D eigenvalue weighted by atomic mass is 9.91. The van der Waals surface area contributed by atoms with Gasteiger partial charge in [-0.05, 0) is 46.9 Å². The second-order valence-electron chi connectivity index (χ2n) is 11.7. The van der Waals surface area contributed by atoms with Crippen LogP contribution < -0.4 is 5.32 Å². The maximum Gasteiger partial charge on any atom is 0.336 e. The van der Waals surface area contributed by atoms with Crippen molar-refractivity contribution < 1.29 is 38.8 Å². The van der Waals surface area contributed by atoms with Gasteiger partial charge in [-0.25, -0.2) is 4.79 Å². The number of aliphatic hydroxyl groups excluding tert-OH is 1. The first-order valence-corrected chi connectivity index (χ1v) is 16.7. The quantitative estimate of drug-likeness (QED) is 0.111. The van der Waals surface area contributed by atoms with Crippen LogP contribution in [0.1, 0.15) is 65.8 Å². The number of benzene rings is 4. The Labute approximate surface area is 284 Å². The molecule has 0 radical (unpaired) electrons. The average Bonchev–Trinajstić information content (AvgIpc) is 3.10. The molecule has 5 atom stereocenters. The molecule has 4 aromatic carbocycles. The summed E-state index contributed by atoms with van der Waals surface area (Å²) in [6, 6.07) is 30.3. The SMILES string of the molecule is CC(=O)OC(C)C(=O)NCc1ccccc1-c1ccc(C2OC(CSc3ccccc3C(=O)O)C(C)C(c3ccc(CO)cc3)O2)cc1. The van der Waals surface area contributed by atoms with E-state index in [0.29, 0.717) is 10.6 Å². The zero-order chi connectivity index (χ0) is 34.2. The fraction of sp³-hybridized carbons (Fsp3) is 0.289. The average molecular weight is 670 g/mol. The largest absolute Gasteiger partial charge is 0.478 e. The third-order valence-electron chi connectivity index (χ3n) is 8.32. The highest BCUT2D eigenvalue weighted by Crippen LogP contribution is 2.43. The Morgan fingerprint density at radius 3 is 2.25 bits per heavy atom. The van der Waals surface area contributed by atoms with Crippen molar-refractivity contribution in [1.82, 2.24) is 5.32 Å². The van der Waals surface area contributed by atoms with Crippen LogP contribution in [0.3, 0.4) is 0 Å². The maximum absolute atomic E-state index is 12.4. The number of aliphatic hydroxyl groups is 1. The van der Waals surface area contributed by atoms with Gasteiger partial charge < -0.3 is 29.7 Å². The van der Waals surface area contributed by atoms with E-state index in [1.807, 2.05) is 84.9 Å². The summed E-state index contributed by atoms with van der Waals surface area (Å²) in [5.41, 5.74) is 5.63. The molecule has 0 bridgehead atoms. The third kappa shape index (κ3) is 8.51. The fourth-order valence-corrected chi connectivity index (χ4v) is 6.87. The summed E-state index contributed by atoms with van der Waals surface area (Å²) in [6.45, 7) is 5.08. The van der Waals surface area contributed by atoms with Crippen LogP contribution in [0.5, 0.6) is 0 Å². The van der Waals surface area contributed by atoms with E-state index >= 15 is 0 Å². The fourth-order valence-electron chi connectivity index (χ4n) is 5.66. The summed E-state index contributed by atoms with van der Waals surface area (Å²) in [6.07, 6.45) is -2.15. The minimum atomic E-state index is -0.973. The van der Waals surface area contributed by atoms with E-state index < -0.39 is 24.3 Å². The number of carboxylic acid groups (broad SMARTS) is 1. The van der Waals surface area contributed by atoms with Gasteiger partial charge in [0.25, 0.3) is 5.91 Å². The van der Waals surface area contributed by atoms with Crippen LogP contribution in [0.2, 0.25) is 0 Å². The van der Waals surface area contributed by atoms with Crippen molar-refractivity contribution in [3.05, 3.63) is 125 Å². The summed E-state index contributed by atoms with van der Waals surface area (Å²) >= 11 is 1.45. The molecular weight excluding hydrogens is 630 g/mol. The summed E-state index contributed by atoms with van der Waals surface area (Å²) in [5.74, 6) is -1.41. The lowest BCUT2D eigenvalue weighted by Crippen LogP contribution is -2.38. The van der Waals surface area contributed by atoms with Gasteiger partial charge in [0.1, 0.15) is 0 Å². The molecule has 5 unspecified atom stereocenters. The third-order valence-corrected chi connectivity index (χ3v) is 9.48. The Kier molecular flexibility index (Phi) is 11.7. The number of hydrogen-bond donors (Lipinski definition) is 3. The molecule has 4 aromatic rings. The van der Waals surface area contributed by atoms with E-state index in [9.17, 15) is 24.6 Å². The van der Waals surface area contributed by atoms with Gasteiger partial charge in [0, 0.05) is 35.6 Å². The Morgan fingerprint density at radius 2 is 1.56 bits per heavy atom. The first-order valence-electron chi connectivity index (χ1n) is 15.7. The van der Waals surface area contributed by atoms with E-state index in [1.165, 1.54) is 25.6 Å². The highest BCUT2D eigenvalue weighted by Gasteiger charge is 2.38. The number of aromatic carboxylic acids is 1. The van der Waals surface area contributed by atoms with E-state index in [2.05, 4.69) is 12.2 Å². The second kappa shape index (κ2) is 16.1. The molecule has 1 heterocycles. The number of ether oxygens (including phenoxy) is 3. The topological polar surface area (TPSA) is 131 Å². The van der Waals surface area contributed by atoms with Gasteiger partial charge in [0.15, 0.2) is 12.4 Å². The normalized spacial score (nSPS) is 19.7. The number of thioether (sulfide) groups is 1. The molecule has 5 rings (SSSR count). The van der Waals surface area contributed by atoms with Gasteiger partial charge in [-0.2, -0.15) is 0 Å². The monoisotopic (exact) mass is 669 g/mol. The standard InChI is InChI=1S/C38H39NO8S/c1-23-33(22-48-34-11-7-6-10-32(34)37(43)44)46-38(47-35(23)28-14-12-26(21-40)13-15-28)29-18-16-27(17-19-29)31-9-5-4-8-30(31)20-39-36(42)24(2)45-25(3)41/h4-19,23-24,33,35,38,40H,20-22H2,1-3H3,(H,39,42)(H,43,44). The van der Waals surface area contributed by atoms with Crippen molar-refractivity contribution in [1.29, 1.82) is 0 Å². The van der Waals surface area contributed by atoms with Gasteiger partial charge in [-0.3, -0.25) is 9.59 Å². The highest BCUT2D eigenvalue weighted by atomic mass is 32.2. The molecular formula is C38H39NO8S. The van der Waals surface area contributed by atoms with Crippen LogP contribution in [-0.2, 0) is 37.0 Å². The zero-order valence-electron chi connectivity index (χ0n) is 27.0. The molecule has 250 valence electrons. The number of carbonyl (C=O) groups excluding carboxylic acids is 2. The van der Waals surface area contributed by atoms with Gasteiger partial charge in [0.05, 0.1) is 24.4 Å². The first-order chi connectivity index (χ1) is 23.1. The van der Waals surface area contributed by atoms with Crippen molar-refractivity contribution in [2.75, 3.05) is 5.75 Å². The summed E-state index contributed by atoms with van der Waals surface area (Å²) in [7, 11) is 0. The molecule has 1 fully saturated rings. The molecule has 1 amide bonds. The predicted molar refractivity (Wildman–Crippen MR) is 182 cm³/mol. The van der Waals surface area contributed by atoms with Crippen molar-refractivity contribution in [2.24, 2.45) is 5.92 Å². The summed E-state index contributed by atoms with van der Waals surface area (Å²) < 4.78 is 18.2. The number of rotatable bonds is 12. The first kappa shape index (κ1) is 34.8. The van der Waals surface area contributed by atoms with Gasteiger partial charge in [-0.15, -0.1) is 11.8 Å². The van der Waals surface area contributed by atoms with E-state index in [4.69, 9.17) is 14.2 Å². The molecule has 1 saturated heterocycles. The van der Waals surface area contributed by atoms with Crippen molar-refractivity contribution in [3.8, 4) is 11.1 Å². The lowest BCUT2D eigenvalue weighted by molar-refractivity contribution is -0.268. The van der Waals surface area contributed by atoms with Crippen LogP contribution in [0.4, 0.5) is 0 Å². The van der Waals surface area contributed by atoms with Crippen molar-refractivity contribution >= 4 is 29.6 Å². The van der Waals surface area contributed by atoms with E-state index in [0.717, 1.165) is 33.4 Å². The van der Waals surface area contributed by atoms with Crippen LogP contribution in [0.25, 0.3) is 11.1 Å². The molecule has 3 N–H and O–H groups in total.